The molecular formula is C19H30N7O6P. The first kappa shape index (κ1) is 25.5. The third kappa shape index (κ3) is 5.02. The van der Waals surface area contributed by atoms with Crippen LogP contribution in [-0.2, 0) is 9.26 Å². The van der Waals surface area contributed by atoms with E-state index in [4.69, 9.17) is 20.3 Å². The lowest BCUT2D eigenvalue weighted by Crippen LogP contribution is -2.46. The minimum atomic E-state index is -2.22. The first-order valence-electron chi connectivity index (χ1n) is 10.5. The first-order chi connectivity index (χ1) is 15.5. The highest BCUT2D eigenvalue weighted by Gasteiger charge is 2.48. The van der Waals surface area contributed by atoms with E-state index < -0.39 is 50.8 Å². The van der Waals surface area contributed by atoms with Gasteiger partial charge in [0.15, 0.2) is 17.4 Å². The zero-order chi connectivity index (χ0) is 24.5. The number of anilines is 1. The Kier molecular flexibility index (Phi) is 7.70. The summed E-state index contributed by atoms with van der Waals surface area (Å²) in [5.41, 5.74) is 4.65. The number of nitrogens with one attached hydrogen (secondary N) is 1. The molecule has 2 aromatic rings. The number of nitrogens with zero attached hydrogens (tertiary/aromatic N) is 5. The average Bonchev–Trinajstić information content (AvgIpc) is 3.27. The number of aromatic amines is 1. The Morgan fingerprint density at radius 3 is 2.82 bits per heavy atom. The summed E-state index contributed by atoms with van der Waals surface area (Å²) < 4.78 is 14.8. The van der Waals surface area contributed by atoms with Gasteiger partial charge < -0.3 is 30.1 Å². The summed E-state index contributed by atoms with van der Waals surface area (Å²) in [6.45, 7) is 7.10. The number of aromatic nitrogens is 4. The van der Waals surface area contributed by atoms with Crippen molar-refractivity contribution in [3.63, 3.8) is 0 Å². The molecule has 3 heterocycles. The van der Waals surface area contributed by atoms with Gasteiger partial charge in [-0.05, 0) is 34.1 Å². The van der Waals surface area contributed by atoms with Crippen molar-refractivity contribution in [1.82, 2.24) is 24.2 Å². The number of nitriles is 1. The van der Waals surface area contributed by atoms with Gasteiger partial charge in [-0.2, -0.15) is 10.2 Å². The van der Waals surface area contributed by atoms with E-state index in [1.807, 2.05) is 27.7 Å². The van der Waals surface area contributed by atoms with Gasteiger partial charge in [-0.1, -0.05) is 0 Å². The van der Waals surface area contributed by atoms with Gasteiger partial charge in [0.25, 0.3) is 14.1 Å². The molecule has 1 fully saturated rings. The van der Waals surface area contributed by atoms with Crippen LogP contribution in [0.4, 0.5) is 5.95 Å². The van der Waals surface area contributed by atoms with Gasteiger partial charge in [-0.25, -0.2) is 9.65 Å². The van der Waals surface area contributed by atoms with Crippen LogP contribution < -0.4 is 11.3 Å². The first-order valence-corrected chi connectivity index (χ1v) is 11.7. The molecule has 14 heteroatoms. The van der Waals surface area contributed by atoms with Gasteiger partial charge >= 0.3 is 0 Å². The van der Waals surface area contributed by atoms with Gasteiger partial charge in [-0.3, -0.25) is 14.3 Å². The second kappa shape index (κ2) is 9.99. The average molecular weight is 483 g/mol. The van der Waals surface area contributed by atoms with Crippen LogP contribution in [0, 0.1) is 11.3 Å². The summed E-state index contributed by atoms with van der Waals surface area (Å²) in [6.07, 6.45) is -2.37. The Bertz CT molecular complexity index is 1070. The van der Waals surface area contributed by atoms with E-state index in [1.54, 1.807) is 4.67 Å². The number of fused-ring (bicyclic) bond motifs is 1. The van der Waals surface area contributed by atoms with Crippen molar-refractivity contribution < 1.29 is 24.4 Å². The van der Waals surface area contributed by atoms with Crippen LogP contribution >= 0.6 is 8.53 Å². The van der Waals surface area contributed by atoms with E-state index in [0.717, 1.165) is 0 Å². The van der Waals surface area contributed by atoms with Crippen LogP contribution in [0.15, 0.2) is 11.1 Å². The smallest absolute Gasteiger partial charge is 0.280 e. The van der Waals surface area contributed by atoms with Crippen LogP contribution in [0.3, 0.4) is 0 Å². The van der Waals surface area contributed by atoms with Crippen molar-refractivity contribution in [3.8, 4) is 6.07 Å². The van der Waals surface area contributed by atoms with E-state index in [-0.39, 0.29) is 23.2 Å². The Labute approximate surface area is 191 Å². The highest BCUT2D eigenvalue weighted by Crippen LogP contribution is 2.49. The van der Waals surface area contributed by atoms with E-state index in [0.29, 0.717) is 12.8 Å². The Morgan fingerprint density at radius 1 is 1.52 bits per heavy atom. The van der Waals surface area contributed by atoms with Crippen LogP contribution in [0.25, 0.3) is 11.2 Å². The molecule has 6 N–H and O–H groups in total. The standard InChI is InChI=1S/C19H30N7O6P/c1-10(2)26(19(3,4)6-5-7-20)33(30)32-14-11(8-27)31-17(13(14)28)25-9-22-12-15(25)23-18(21)24-16(12)29/h9-11,13-14,17,27-28,30H,5-6,8H2,1-4H3,(H3,21,23,24,29)/t11-,13-,14-,17-,33?/m1/s1. The van der Waals surface area contributed by atoms with Gasteiger partial charge in [-0.15, -0.1) is 0 Å². The minimum Gasteiger partial charge on any atom is -0.394 e. The summed E-state index contributed by atoms with van der Waals surface area (Å²) in [4.78, 5) is 33.5. The highest BCUT2D eigenvalue weighted by molar-refractivity contribution is 7.43. The maximum Gasteiger partial charge on any atom is 0.280 e. The fourth-order valence-electron chi connectivity index (χ4n) is 4.12. The molecule has 1 saturated heterocycles. The van der Waals surface area contributed by atoms with E-state index in [9.17, 15) is 19.9 Å². The number of aliphatic hydroxyl groups is 2. The van der Waals surface area contributed by atoms with Gasteiger partial charge in [0.1, 0.15) is 18.3 Å². The number of nitrogen functional groups attached to an aromatic ring is 1. The van der Waals surface area contributed by atoms with Crippen molar-refractivity contribution >= 4 is 25.6 Å². The number of ether oxygens (including phenoxy) is 1. The number of imidazole rings is 1. The Balaban J connectivity index is 1.87. The maximum absolute atomic E-state index is 12.1. The molecule has 0 amide bonds. The molecule has 3 rings (SSSR count). The summed E-state index contributed by atoms with van der Waals surface area (Å²) in [5.74, 6) is -0.126. The number of aliphatic hydroxyl groups excluding tert-OH is 2. The molecule has 1 aliphatic rings. The van der Waals surface area contributed by atoms with Crippen LogP contribution in [0.2, 0.25) is 0 Å². The maximum atomic E-state index is 12.1. The molecule has 2 aromatic heterocycles. The zero-order valence-electron chi connectivity index (χ0n) is 18.9. The molecule has 5 atom stereocenters. The molecule has 0 aromatic carbocycles. The number of hydrogen-bond acceptors (Lipinski definition) is 11. The topological polar surface area (TPSA) is 196 Å². The van der Waals surface area contributed by atoms with Gasteiger partial charge in [0.2, 0.25) is 5.95 Å². The third-order valence-electron chi connectivity index (χ3n) is 5.57. The molecule has 1 aliphatic heterocycles. The van der Waals surface area contributed by atoms with Gasteiger partial charge in [0.05, 0.1) is 19.0 Å². The van der Waals surface area contributed by atoms with Crippen molar-refractivity contribution in [2.45, 2.75) is 76.7 Å². The SMILES string of the molecule is CC(C)N(P(O)O[C@H]1[C@@H](O)[C@H](n2cnc3c(=O)[nH]c(N)nc32)O[C@@H]1CO)C(C)(C)CCC#N. The number of rotatable bonds is 9. The lowest BCUT2D eigenvalue weighted by molar-refractivity contribution is -0.0506. The molecule has 0 saturated carbocycles. The Morgan fingerprint density at radius 2 is 2.21 bits per heavy atom. The quantitative estimate of drug-likeness (QED) is 0.309. The zero-order valence-corrected chi connectivity index (χ0v) is 19.8. The molecule has 0 aliphatic carbocycles. The van der Waals surface area contributed by atoms with Crippen molar-refractivity contribution in [1.29, 1.82) is 5.26 Å². The predicted molar refractivity (Wildman–Crippen MR) is 119 cm³/mol. The summed E-state index contributed by atoms with van der Waals surface area (Å²) in [6, 6.07) is 1.98. The summed E-state index contributed by atoms with van der Waals surface area (Å²) >= 11 is 0. The largest absolute Gasteiger partial charge is 0.394 e. The second-order valence-electron chi connectivity index (χ2n) is 8.75. The molecule has 13 nitrogen and oxygen atoms in total. The van der Waals surface area contributed by atoms with E-state index in [1.165, 1.54) is 10.9 Å². The molecule has 182 valence electrons. The number of H-pyrrole nitrogens is 1. The summed E-state index contributed by atoms with van der Waals surface area (Å²) in [5, 5.41) is 29.8. The minimum absolute atomic E-state index is 0.0135. The van der Waals surface area contributed by atoms with Crippen molar-refractivity contribution in [3.05, 3.63) is 16.7 Å². The normalized spacial score (nSPS) is 24.6. The number of hydrogen-bond donors (Lipinski definition) is 5. The molecule has 0 spiro atoms. The van der Waals surface area contributed by atoms with Crippen LogP contribution in [0.5, 0.6) is 0 Å². The fraction of sp³-hybridized carbons (Fsp3) is 0.684. The second-order valence-corrected chi connectivity index (χ2v) is 9.89. The van der Waals surface area contributed by atoms with Crippen LogP contribution in [0.1, 0.15) is 46.8 Å². The monoisotopic (exact) mass is 483 g/mol. The fourth-order valence-corrected chi connectivity index (χ4v) is 5.66. The Hall–Kier alpha value is -2.17. The van der Waals surface area contributed by atoms with Crippen LogP contribution in [-0.4, -0.2) is 75.8 Å². The van der Waals surface area contributed by atoms with Crippen molar-refractivity contribution in [2.24, 2.45) is 0 Å². The summed E-state index contributed by atoms with van der Waals surface area (Å²) in [7, 11) is -2.22. The number of nitrogens with two attached hydrogens (primary N) is 1. The molecule has 0 radical (unpaired) electrons. The predicted octanol–water partition coefficient (Wildman–Crippen LogP) is 0.350. The van der Waals surface area contributed by atoms with E-state index >= 15 is 0 Å². The van der Waals surface area contributed by atoms with E-state index in [2.05, 4.69) is 21.0 Å². The third-order valence-corrected chi connectivity index (χ3v) is 7.38. The molecule has 1 unspecified atom stereocenters. The highest BCUT2D eigenvalue weighted by atomic mass is 31.2. The molecule has 0 bridgehead atoms. The molecule has 33 heavy (non-hydrogen) atoms. The van der Waals surface area contributed by atoms with Crippen molar-refractivity contribution in [2.75, 3.05) is 12.3 Å². The van der Waals surface area contributed by atoms with Gasteiger partial charge in [0, 0.05) is 18.0 Å². The lowest BCUT2D eigenvalue weighted by atomic mass is 9.98. The lowest BCUT2D eigenvalue weighted by Gasteiger charge is -2.43. The molecular weight excluding hydrogens is 453 g/mol.